The van der Waals surface area contributed by atoms with E-state index in [1.165, 1.54) is 11.5 Å². The third kappa shape index (κ3) is 3.86. The number of rotatable bonds is 5. The predicted octanol–water partition coefficient (Wildman–Crippen LogP) is 3.76. The van der Waals surface area contributed by atoms with Crippen LogP contribution in [0.4, 0.5) is 11.1 Å². The summed E-state index contributed by atoms with van der Waals surface area (Å²) in [5.41, 5.74) is 0.695. The van der Waals surface area contributed by atoms with E-state index in [0.717, 1.165) is 42.6 Å². The summed E-state index contributed by atoms with van der Waals surface area (Å²) in [6, 6.07) is 13.8. The summed E-state index contributed by atoms with van der Waals surface area (Å²) in [4.78, 5) is 11.4. The molecule has 148 valence electrons. The largest absolute Gasteiger partial charge is 0.453 e. The SMILES string of the molecule is Cc1nsc(N2CCC(Nc3nc4c(Oc5ccccc5)cccn4n3)CC2)n1. The lowest BCUT2D eigenvalue weighted by atomic mass is 10.1. The van der Waals surface area contributed by atoms with Crippen LogP contribution in [0.2, 0.25) is 0 Å². The van der Waals surface area contributed by atoms with Crippen molar-refractivity contribution in [3.8, 4) is 11.5 Å². The molecule has 5 rings (SSSR count). The van der Waals surface area contributed by atoms with E-state index in [-0.39, 0.29) is 0 Å². The van der Waals surface area contributed by atoms with E-state index in [4.69, 9.17) is 4.74 Å². The first-order chi connectivity index (χ1) is 14.2. The second-order valence-corrected chi connectivity index (χ2v) is 7.75. The quantitative estimate of drug-likeness (QED) is 0.539. The van der Waals surface area contributed by atoms with Crippen molar-refractivity contribution in [2.45, 2.75) is 25.8 Å². The third-order valence-corrected chi connectivity index (χ3v) is 5.78. The Bertz CT molecular complexity index is 1100. The highest BCUT2D eigenvalue weighted by atomic mass is 32.1. The van der Waals surface area contributed by atoms with Crippen molar-refractivity contribution in [1.82, 2.24) is 24.0 Å². The van der Waals surface area contributed by atoms with Crippen LogP contribution in [0.15, 0.2) is 48.7 Å². The number of aromatic nitrogens is 5. The van der Waals surface area contributed by atoms with Gasteiger partial charge in [0.2, 0.25) is 11.1 Å². The Morgan fingerprint density at radius 1 is 1.07 bits per heavy atom. The maximum atomic E-state index is 5.99. The second-order valence-electron chi connectivity index (χ2n) is 7.02. The van der Waals surface area contributed by atoms with Gasteiger partial charge in [0.15, 0.2) is 11.4 Å². The van der Waals surface area contributed by atoms with Gasteiger partial charge in [-0.05, 0) is 44.0 Å². The summed E-state index contributed by atoms with van der Waals surface area (Å²) in [6.45, 7) is 3.82. The van der Waals surface area contributed by atoms with Crippen molar-refractivity contribution in [1.29, 1.82) is 0 Å². The molecule has 0 radical (unpaired) electrons. The number of fused-ring (bicyclic) bond motifs is 1. The van der Waals surface area contributed by atoms with E-state index in [1.807, 2.05) is 55.6 Å². The molecule has 9 heteroatoms. The number of anilines is 2. The molecule has 0 atom stereocenters. The Morgan fingerprint density at radius 3 is 2.66 bits per heavy atom. The second kappa shape index (κ2) is 7.67. The average molecular weight is 408 g/mol. The molecule has 1 aliphatic heterocycles. The molecule has 1 fully saturated rings. The Labute approximate surface area is 172 Å². The Balaban J connectivity index is 1.27. The number of piperidine rings is 1. The number of nitrogens with one attached hydrogen (secondary N) is 1. The lowest BCUT2D eigenvalue weighted by molar-refractivity contribution is 0.484. The average Bonchev–Trinajstić information content (AvgIpc) is 3.36. The first kappa shape index (κ1) is 17.9. The van der Waals surface area contributed by atoms with Crippen molar-refractivity contribution in [3.05, 3.63) is 54.5 Å². The van der Waals surface area contributed by atoms with Gasteiger partial charge in [-0.1, -0.05) is 18.2 Å². The number of nitrogens with zero attached hydrogens (tertiary/aromatic N) is 6. The van der Waals surface area contributed by atoms with E-state index >= 15 is 0 Å². The molecule has 8 nitrogen and oxygen atoms in total. The molecule has 0 bridgehead atoms. The molecule has 29 heavy (non-hydrogen) atoms. The number of aryl methyl sites for hydroxylation is 1. The summed E-state index contributed by atoms with van der Waals surface area (Å²) < 4.78 is 12.0. The molecule has 4 heterocycles. The zero-order chi connectivity index (χ0) is 19.6. The molecule has 0 amide bonds. The molecule has 0 saturated carbocycles. The van der Waals surface area contributed by atoms with E-state index in [1.54, 1.807) is 4.52 Å². The Morgan fingerprint density at radius 2 is 1.90 bits per heavy atom. The summed E-state index contributed by atoms with van der Waals surface area (Å²) >= 11 is 1.47. The van der Waals surface area contributed by atoms with Crippen LogP contribution in [0.5, 0.6) is 11.5 Å². The van der Waals surface area contributed by atoms with Gasteiger partial charge in [0, 0.05) is 36.9 Å². The standard InChI is InChI=1S/C20H21N7OS/c1-14-21-20(29-25-14)26-12-9-15(10-13-26)22-19-23-18-17(8-5-11-27(18)24-19)28-16-6-3-2-4-7-16/h2-8,11,15H,9-10,12-13H2,1H3,(H,22,24). The summed E-state index contributed by atoms with van der Waals surface area (Å²) in [5, 5.41) is 9.06. The highest BCUT2D eigenvalue weighted by Crippen LogP contribution is 2.26. The maximum absolute atomic E-state index is 5.99. The number of hydrogen-bond donors (Lipinski definition) is 1. The van der Waals surface area contributed by atoms with Crippen LogP contribution < -0.4 is 15.0 Å². The molecular weight excluding hydrogens is 386 g/mol. The number of ether oxygens (including phenoxy) is 1. The smallest absolute Gasteiger partial charge is 0.243 e. The van der Waals surface area contributed by atoms with Crippen molar-refractivity contribution in [2.75, 3.05) is 23.3 Å². The summed E-state index contributed by atoms with van der Waals surface area (Å²) in [7, 11) is 0. The number of hydrogen-bond acceptors (Lipinski definition) is 8. The van der Waals surface area contributed by atoms with E-state index < -0.39 is 0 Å². The first-order valence-electron chi connectivity index (χ1n) is 9.65. The van der Waals surface area contributed by atoms with Crippen LogP contribution in [0.3, 0.4) is 0 Å². The van der Waals surface area contributed by atoms with Crippen molar-refractivity contribution < 1.29 is 4.74 Å². The molecule has 4 aromatic rings. The lowest BCUT2D eigenvalue weighted by Gasteiger charge is -2.31. The Kier molecular flexibility index (Phi) is 4.73. The lowest BCUT2D eigenvalue weighted by Crippen LogP contribution is -2.39. The van der Waals surface area contributed by atoms with Crippen LogP contribution >= 0.6 is 11.5 Å². The number of pyridine rings is 1. The van der Waals surface area contributed by atoms with Crippen LogP contribution in [-0.4, -0.2) is 43.1 Å². The summed E-state index contributed by atoms with van der Waals surface area (Å²) in [6.07, 6.45) is 3.88. The Hall–Kier alpha value is -3.20. The molecular formula is C20H21N7OS. The van der Waals surface area contributed by atoms with Crippen LogP contribution in [0.25, 0.3) is 5.65 Å². The minimum Gasteiger partial charge on any atom is -0.453 e. The van der Waals surface area contributed by atoms with Gasteiger partial charge in [-0.25, -0.2) is 9.50 Å². The molecule has 0 spiro atoms. The number of para-hydroxylation sites is 1. The molecule has 0 unspecified atom stereocenters. The van der Waals surface area contributed by atoms with Crippen LogP contribution in [-0.2, 0) is 0 Å². The zero-order valence-corrected chi connectivity index (χ0v) is 16.8. The molecule has 1 aromatic carbocycles. The van der Waals surface area contributed by atoms with E-state index in [0.29, 0.717) is 23.4 Å². The molecule has 1 saturated heterocycles. The van der Waals surface area contributed by atoms with E-state index in [9.17, 15) is 0 Å². The van der Waals surface area contributed by atoms with Crippen molar-refractivity contribution in [2.24, 2.45) is 0 Å². The fraction of sp³-hybridized carbons (Fsp3) is 0.300. The zero-order valence-electron chi connectivity index (χ0n) is 16.0. The van der Waals surface area contributed by atoms with Crippen LogP contribution in [0.1, 0.15) is 18.7 Å². The van der Waals surface area contributed by atoms with Gasteiger partial charge in [-0.15, -0.1) is 5.10 Å². The monoisotopic (exact) mass is 407 g/mol. The molecule has 0 aliphatic carbocycles. The van der Waals surface area contributed by atoms with Crippen molar-refractivity contribution >= 4 is 28.3 Å². The van der Waals surface area contributed by atoms with Crippen molar-refractivity contribution in [3.63, 3.8) is 0 Å². The van der Waals surface area contributed by atoms with Gasteiger partial charge in [0.1, 0.15) is 11.6 Å². The highest BCUT2D eigenvalue weighted by Gasteiger charge is 2.22. The molecule has 1 aliphatic rings. The molecule has 1 N–H and O–H groups in total. The fourth-order valence-electron chi connectivity index (χ4n) is 3.45. The van der Waals surface area contributed by atoms with Gasteiger partial charge in [-0.3, -0.25) is 0 Å². The minimum atomic E-state index is 0.330. The summed E-state index contributed by atoms with van der Waals surface area (Å²) in [5.74, 6) is 2.92. The predicted molar refractivity (Wildman–Crippen MR) is 113 cm³/mol. The fourth-order valence-corrected chi connectivity index (χ4v) is 4.18. The topological polar surface area (TPSA) is 80.5 Å². The van der Waals surface area contributed by atoms with Gasteiger partial charge >= 0.3 is 0 Å². The first-order valence-corrected chi connectivity index (χ1v) is 10.4. The molecule has 3 aromatic heterocycles. The van der Waals surface area contributed by atoms with Gasteiger partial charge in [0.05, 0.1) is 0 Å². The normalized spacial score (nSPS) is 15.0. The van der Waals surface area contributed by atoms with E-state index in [2.05, 4.69) is 29.7 Å². The van der Waals surface area contributed by atoms with Gasteiger partial charge < -0.3 is 15.0 Å². The third-order valence-electron chi connectivity index (χ3n) is 4.91. The number of benzene rings is 1. The minimum absolute atomic E-state index is 0.330. The highest BCUT2D eigenvalue weighted by molar-refractivity contribution is 7.09. The van der Waals surface area contributed by atoms with Crippen LogP contribution in [0, 0.1) is 6.92 Å². The maximum Gasteiger partial charge on any atom is 0.243 e. The van der Waals surface area contributed by atoms with Gasteiger partial charge in [-0.2, -0.15) is 9.36 Å². The van der Waals surface area contributed by atoms with Gasteiger partial charge in [0.25, 0.3) is 0 Å².